The average molecular weight is 459 g/mol. The van der Waals surface area contributed by atoms with Crippen molar-refractivity contribution in [3.05, 3.63) is 72.1 Å². The summed E-state index contributed by atoms with van der Waals surface area (Å²) in [6.45, 7) is 6.30. The Balaban J connectivity index is 1.31. The van der Waals surface area contributed by atoms with Crippen molar-refractivity contribution in [3.8, 4) is 0 Å². The maximum atomic E-state index is 13.5. The number of fused-ring (bicyclic) bond motifs is 2. The van der Waals surface area contributed by atoms with Crippen molar-refractivity contribution in [2.75, 3.05) is 26.2 Å². The third kappa shape index (κ3) is 5.03. The number of aromatic nitrogens is 1. The molecule has 5 rings (SSSR count). The molecule has 3 N–H and O–H groups in total. The van der Waals surface area contributed by atoms with Crippen LogP contribution in [0, 0.1) is 0 Å². The summed E-state index contributed by atoms with van der Waals surface area (Å²) < 4.78 is 6.00. The van der Waals surface area contributed by atoms with Gasteiger partial charge in [0, 0.05) is 42.0 Å². The number of amides is 1. The van der Waals surface area contributed by atoms with Crippen LogP contribution in [0.1, 0.15) is 37.5 Å². The molecule has 0 saturated carbocycles. The molecule has 1 aliphatic heterocycles. The Hall–Kier alpha value is -3.09. The van der Waals surface area contributed by atoms with E-state index in [4.69, 9.17) is 4.42 Å². The molecule has 3 heterocycles. The number of benzene rings is 2. The zero-order chi connectivity index (χ0) is 23.4. The molecule has 0 spiro atoms. The summed E-state index contributed by atoms with van der Waals surface area (Å²) in [5, 5.41) is 8.97. The largest absolute Gasteiger partial charge is 0.460 e. The molecular weight excluding hydrogens is 424 g/mol. The summed E-state index contributed by atoms with van der Waals surface area (Å²) >= 11 is 0. The van der Waals surface area contributed by atoms with E-state index in [9.17, 15) is 4.79 Å². The first-order valence-electron chi connectivity index (χ1n) is 12.4. The van der Waals surface area contributed by atoms with E-state index >= 15 is 0 Å². The van der Waals surface area contributed by atoms with Gasteiger partial charge in [-0.15, -0.1) is 0 Å². The third-order valence-corrected chi connectivity index (χ3v) is 7.01. The minimum atomic E-state index is -0.786. The van der Waals surface area contributed by atoms with E-state index in [2.05, 4.69) is 32.7 Å². The van der Waals surface area contributed by atoms with Gasteiger partial charge in [0.2, 0.25) is 5.91 Å². The second-order valence-corrected chi connectivity index (χ2v) is 9.63. The highest BCUT2D eigenvalue weighted by Crippen LogP contribution is 2.24. The first-order chi connectivity index (χ1) is 16.6. The molecule has 1 fully saturated rings. The van der Waals surface area contributed by atoms with Crippen molar-refractivity contribution in [1.82, 2.24) is 20.5 Å². The number of para-hydroxylation sites is 2. The maximum absolute atomic E-state index is 13.5. The van der Waals surface area contributed by atoms with Crippen LogP contribution in [0.3, 0.4) is 0 Å². The molecule has 1 atom stereocenters. The quantitative estimate of drug-likeness (QED) is 0.343. The fourth-order valence-corrected chi connectivity index (χ4v) is 4.99. The molecule has 1 unspecified atom stereocenters. The molecule has 6 nitrogen and oxygen atoms in total. The Bertz CT molecular complexity index is 1220. The molecule has 178 valence electrons. The van der Waals surface area contributed by atoms with Gasteiger partial charge in [-0.1, -0.05) is 42.8 Å². The van der Waals surface area contributed by atoms with Crippen LogP contribution in [0.4, 0.5) is 0 Å². The number of piperidine rings is 1. The lowest BCUT2D eigenvalue weighted by Crippen LogP contribution is -2.56. The summed E-state index contributed by atoms with van der Waals surface area (Å²) in [4.78, 5) is 19.3. The van der Waals surface area contributed by atoms with Gasteiger partial charge in [-0.3, -0.25) is 10.1 Å². The van der Waals surface area contributed by atoms with Gasteiger partial charge in [0.25, 0.3) is 0 Å². The Morgan fingerprint density at radius 1 is 1.09 bits per heavy atom. The topological polar surface area (TPSA) is 73.3 Å². The van der Waals surface area contributed by atoms with Gasteiger partial charge in [-0.05, 0) is 56.6 Å². The van der Waals surface area contributed by atoms with E-state index in [1.165, 1.54) is 19.3 Å². The van der Waals surface area contributed by atoms with Crippen molar-refractivity contribution in [2.24, 2.45) is 0 Å². The second kappa shape index (κ2) is 10.0. The minimum Gasteiger partial charge on any atom is -0.460 e. The first-order valence-corrected chi connectivity index (χ1v) is 12.4. The van der Waals surface area contributed by atoms with Gasteiger partial charge in [-0.2, -0.15) is 0 Å². The van der Waals surface area contributed by atoms with Crippen LogP contribution >= 0.6 is 0 Å². The van der Waals surface area contributed by atoms with E-state index in [1.54, 1.807) is 0 Å². The Labute approximate surface area is 200 Å². The van der Waals surface area contributed by atoms with Crippen molar-refractivity contribution < 1.29 is 9.21 Å². The van der Waals surface area contributed by atoms with E-state index in [0.29, 0.717) is 19.5 Å². The van der Waals surface area contributed by atoms with Gasteiger partial charge < -0.3 is 19.6 Å². The maximum Gasteiger partial charge on any atom is 0.240 e. The van der Waals surface area contributed by atoms with Crippen LogP contribution in [0.2, 0.25) is 0 Å². The van der Waals surface area contributed by atoms with Crippen molar-refractivity contribution in [1.29, 1.82) is 0 Å². The summed E-state index contributed by atoms with van der Waals surface area (Å²) in [5.41, 5.74) is 2.29. The van der Waals surface area contributed by atoms with E-state index in [-0.39, 0.29) is 5.91 Å². The van der Waals surface area contributed by atoms with Crippen LogP contribution in [0.15, 0.2) is 65.2 Å². The number of nitrogens with zero attached hydrogens (tertiary/aromatic N) is 1. The highest BCUT2D eigenvalue weighted by atomic mass is 16.3. The summed E-state index contributed by atoms with van der Waals surface area (Å²) in [6, 6.07) is 18.3. The molecule has 0 bridgehead atoms. The van der Waals surface area contributed by atoms with Crippen LogP contribution < -0.4 is 10.6 Å². The fourth-order valence-electron chi connectivity index (χ4n) is 4.99. The highest BCUT2D eigenvalue weighted by Gasteiger charge is 2.34. The summed E-state index contributed by atoms with van der Waals surface area (Å²) in [7, 11) is 0. The van der Waals surface area contributed by atoms with E-state index in [1.807, 2.05) is 55.6 Å². The second-order valence-electron chi connectivity index (χ2n) is 9.63. The number of carbonyl (C=O) groups excluding carboxylic acids is 1. The molecular formula is C28H34N4O2. The number of rotatable bonds is 9. The van der Waals surface area contributed by atoms with Crippen LogP contribution in [-0.2, 0) is 17.8 Å². The Kier molecular flexibility index (Phi) is 6.70. The van der Waals surface area contributed by atoms with Crippen LogP contribution in [0.25, 0.3) is 21.9 Å². The first kappa shape index (κ1) is 22.7. The fraction of sp³-hybridized carbons (Fsp3) is 0.393. The predicted molar refractivity (Wildman–Crippen MR) is 137 cm³/mol. The summed E-state index contributed by atoms with van der Waals surface area (Å²) in [6.07, 6.45) is 6.42. The standard InChI is InChI=1S/C28H34N4O2/c1-28(18-22-19-30-25-11-5-4-10-24(22)25,27(33)29-13-16-32-14-7-2-8-15-32)31-20-23-17-21-9-3-6-12-26(21)34-23/h3-6,9-12,17,19,30-31H,2,7-8,13-16,18,20H2,1H3,(H,29,33). The van der Waals surface area contributed by atoms with Gasteiger partial charge in [0.1, 0.15) is 11.3 Å². The molecule has 1 saturated heterocycles. The molecule has 0 radical (unpaired) electrons. The van der Waals surface area contributed by atoms with Crippen molar-refractivity contribution in [2.45, 2.75) is 44.7 Å². The average Bonchev–Trinajstić information content (AvgIpc) is 3.47. The predicted octanol–water partition coefficient (Wildman–Crippen LogP) is 4.61. The number of aromatic amines is 1. The zero-order valence-electron chi connectivity index (χ0n) is 19.9. The van der Waals surface area contributed by atoms with Gasteiger partial charge in [0.15, 0.2) is 0 Å². The zero-order valence-corrected chi connectivity index (χ0v) is 19.9. The molecule has 0 aliphatic carbocycles. The normalized spacial score (nSPS) is 16.6. The molecule has 2 aromatic heterocycles. The number of hydrogen-bond acceptors (Lipinski definition) is 4. The number of nitrogens with one attached hydrogen (secondary N) is 3. The Morgan fingerprint density at radius 2 is 1.88 bits per heavy atom. The van der Waals surface area contributed by atoms with Gasteiger partial charge in [-0.25, -0.2) is 0 Å². The van der Waals surface area contributed by atoms with E-state index in [0.717, 1.165) is 52.8 Å². The summed E-state index contributed by atoms with van der Waals surface area (Å²) in [5.74, 6) is 0.846. The molecule has 1 amide bonds. The lowest BCUT2D eigenvalue weighted by Gasteiger charge is -2.31. The minimum absolute atomic E-state index is 0.0194. The van der Waals surface area contributed by atoms with Crippen molar-refractivity contribution >= 4 is 27.8 Å². The number of hydrogen-bond donors (Lipinski definition) is 3. The lowest BCUT2D eigenvalue weighted by atomic mass is 9.91. The monoisotopic (exact) mass is 458 g/mol. The van der Waals surface area contributed by atoms with Gasteiger partial charge in [0.05, 0.1) is 12.1 Å². The van der Waals surface area contributed by atoms with E-state index < -0.39 is 5.54 Å². The lowest BCUT2D eigenvalue weighted by molar-refractivity contribution is -0.127. The molecule has 1 aliphatic rings. The molecule has 4 aromatic rings. The third-order valence-electron chi connectivity index (χ3n) is 7.01. The van der Waals surface area contributed by atoms with Crippen LogP contribution in [-0.4, -0.2) is 47.5 Å². The number of H-pyrrole nitrogens is 1. The highest BCUT2D eigenvalue weighted by molar-refractivity contribution is 5.89. The van der Waals surface area contributed by atoms with Crippen molar-refractivity contribution in [3.63, 3.8) is 0 Å². The Morgan fingerprint density at radius 3 is 2.74 bits per heavy atom. The molecule has 2 aromatic carbocycles. The SMILES string of the molecule is CC(Cc1c[nH]c2ccccc12)(NCc1cc2ccccc2o1)C(=O)NCCN1CCCCC1. The molecule has 6 heteroatoms. The number of likely N-dealkylation sites (tertiary alicyclic amines) is 1. The number of carbonyl (C=O) groups is 1. The molecule has 34 heavy (non-hydrogen) atoms. The van der Waals surface area contributed by atoms with Gasteiger partial charge >= 0.3 is 0 Å². The number of furan rings is 1. The smallest absolute Gasteiger partial charge is 0.240 e. The van der Waals surface area contributed by atoms with Crippen LogP contribution in [0.5, 0.6) is 0 Å².